The van der Waals surface area contributed by atoms with Gasteiger partial charge in [-0.25, -0.2) is 9.97 Å². The molecule has 1 aliphatic carbocycles. The first kappa shape index (κ1) is 19.4. The number of carbonyl (C=O) groups is 1. The fraction of sp³-hybridized carbons (Fsp3) is 0.435. The van der Waals surface area contributed by atoms with E-state index < -0.39 is 0 Å². The van der Waals surface area contributed by atoms with Crippen LogP contribution in [-0.2, 0) is 0 Å². The van der Waals surface area contributed by atoms with Crippen molar-refractivity contribution in [1.29, 1.82) is 0 Å². The third-order valence-corrected chi connectivity index (χ3v) is 5.68. The van der Waals surface area contributed by atoms with E-state index in [4.69, 9.17) is 0 Å². The number of nitrogens with one attached hydrogen (secondary N) is 1. The van der Waals surface area contributed by atoms with Gasteiger partial charge in [-0.15, -0.1) is 0 Å². The fourth-order valence-electron chi connectivity index (χ4n) is 4.01. The fourth-order valence-corrected chi connectivity index (χ4v) is 4.01. The van der Waals surface area contributed by atoms with E-state index in [1.54, 1.807) is 11.8 Å². The molecular formula is C23H29N5O. The predicted octanol–water partition coefficient (Wildman–Crippen LogP) is 3.74. The third-order valence-electron chi connectivity index (χ3n) is 5.68. The number of carbonyl (C=O) groups excluding carboxylic acids is 1. The molecule has 2 aromatic rings. The highest BCUT2D eigenvalue weighted by atomic mass is 16.2. The van der Waals surface area contributed by atoms with Crippen molar-refractivity contribution in [2.24, 2.45) is 0 Å². The molecule has 1 aliphatic heterocycles. The Hall–Kier alpha value is -2.89. The lowest BCUT2D eigenvalue weighted by molar-refractivity contribution is 0.0746. The van der Waals surface area contributed by atoms with Gasteiger partial charge in [-0.3, -0.25) is 4.79 Å². The summed E-state index contributed by atoms with van der Waals surface area (Å²) in [7, 11) is 0. The lowest BCUT2D eigenvalue weighted by Crippen LogP contribution is -2.49. The highest BCUT2D eigenvalue weighted by Crippen LogP contribution is 2.20. The first-order valence-corrected chi connectivity index (χ1v) is 10.6. The van der Waals surface area contributed by atoms with Crippen LogP contribution in [0.2, 0.25) is 0 Å². The monoisotopic (exact) mass is 391 g/mol. The molecule has 0 unspecified atom stereocenters. The summed E-state index contributed by atoms with van der Waals surface area (Å²) in [6, 6.07) is 9.62. The molecule has 1 N–H and O–H groups in total. The van der Waals surface area contributed by atoms with E-state index >= 15 is 0 Å². The van der Waals surface area contributed by atoms with Crippen molar-refractivity contribution >= 4 is 17.5 Å². The zero-order valence-electron chi connectivity index (χ0n) is 16.9. The second-order valence-corrected chi connectivity index (χ2v) is 7.68. The highest BCUT2D eigenvalue weighted by molar-refractivity contribution is 5.95. The summed E-state index contributed by atoms with van der Waals surface area (Å²) in [5, 5.41) is 3.38. The minimum Gasteiger partial charge on any atom is -0.370 e. The number of hydrogen-bond donors (Lipinski definition) is 1. The van der Waals surface area contributed by atoms with Gasteiger partial charge in [0.05, 0.1) is 0 Å². The van der Waals surface area contributed by atoms with Gasteiger partial charge in [0.25, 0.3) is 5.91 Å². The first-order valence-electron chi connectivity index (χ1n) is 10.6. The summed E-state index contributed by atoms with van der Waals surface area (Å²) in [6.07, 6.45) is 12.0. The zero-order chi connectivity index (χ0) is 19.9. The number of amides is 1. The third kappa shape index (κ3) is 5.13. The average Bonchev–Trinajstić information content (AvgIpc) is 2.80. The topological polar surface area (TPSA) is 61.4 Å². The maximum Gasteiger partial charge on any atom is 0.254 e. The van der Waals surface area contributed by atoms with E-state index in [2.05, 4.69) is 26.3 Å². The number of piperazine rings is 1. The number of nitrogens with zero attached hydrogens (tertiary/aromatic N) is 4. The van der Waals surface area contributed by atoms with Crippen LogP contribution >= 0.6 is 0 Å². The van der Waals surface area contributed by atoms with Crippen molar-refractivity contribution < 1.29 is 4.79 Å². The summed E-state index contributed by atoms with van der Waals surface area (Å²) in [5.74, 6) is 1.83. The molecule has 2 aromatic heterocycles. The highest BCUT2D eigenvalue weighted by Gasteiger charge is 2.23. The van der Waals surface area contributed by atoms with Gasteiger partial charge < -0.3 is 15.1 Å². The van der Waals surface area contributed by atoms with E-state index in [9.17, 15) is 4.79 Å². The van der Waals surface area contributed by atoms with Crippen LogP contribution < -0.4 is 10.2 Å². The lowest BCUT2D eigenvalue weighted by Gasteiger charge is -2.35. The Balaban J connectivity index is 1.30. The van der Waals surface area contributed by atoms with Crippen molar-refractivity contribution in [3.05, 3.63) is 59.9 Å². The van der Waals surface area contributed by atoms with Gasteiger partial charge in [0.1, 0.15) is 11.6 Å². The summed E-state index contributed by atoms with van der Waals surface area (Å²) in [4.78, 5) is 25.9. The average molecular weight is 392 g/mol. The van der Waals surface area contributed by atoms with E-state index in [-0.39, 0.29) is 5.91 Å². The van der Waals surface area contributed by atoms with E-state index in [0.717, 1.165) is 37.7 Å². The van der Waals surface area contributed by atoms with Crippen LogP contribution in [0.25, 0.3) is 0 Å². The van der Waals surface area contributed by atoms with E-state index in [1.165, 1.54) is 25.7 Å². The molecule has 6 heteroatoms. The van der Waals surface area contributed by atoms with Gasteiger partial charge in [-0.1, -0.05) is 17.7 Å². The number of allylic oxidation sites excluding steroid dienone is 1. The molecule has 1 saturated heterocycles. The lowest BCUT2D eigenvalue weighted by atomic mass is 9.97. The summed E-state index contributed by atoms with van der Waals surface area (Å²) < 4.78 is 0. The first-order chi connectivity index (χ1) is 14.3. The standard InChI is InChI=1S/C23H29N5O/c29-23(28-16-14-27(15-17-28)22-8-4-5-11-26-22)20-10-13-25-21(18-20)24-12-9-19-6-2-1-3-7-19/h4-6,8,10-11,13,18H,1-3,7,9,12,14-17H2,(H,24,25). The molecule has 1 fully saturated rings. The second-order valence-electron chi connectivity index (χ2n) is 7.68. The maximum atomic E-state index is 12.9. The van der Waals surface area contributed by atoms with Crippen molar-refractivity contribution in [3.8, 4) is 0 Å². The van der Waals surface area contributed by atoms with Gasteiger partial charge >= 0.3 is 0 Å². The Bertz CT molecular complexity index is 843. The molecule has 4 rings (SSSR count). The molecule has 2 aliphatic rings. The van der Waals surface area contributed by atoms with Gasteiger partial charge in [-0.05, 0) is 56.4 Å². The van der Waals surface area contributed by atoms with Crippen LogP contribution in [-0.4, -0.2) is 53.5 Å². The van der Waals surface area contributed by atoms with Crippen LogP contribution in [0.3, 0.4) is 0 Å². The Morgan fingerprint density at radius 2 is 1.93 bits per heavy atom. The Labute approximate surface area is 172 Å². The minimum absolute atomic E-state index is 0.0751. The molecule has 152 valence electrons. The van der Waals surface area contributed by atoms with Crippen LogP contribution in [0.15, 0.2) is 54.4 Å². The predicted molar refractivity (Wildman–Crippen MR) is 116 cm³/mol. The number of anilines is 2. The smallest absolute Gasteiger partial charge is 0.254 e. The van der Waals surface area contributed by atoms with E-state index in [1.807, 2.05) is 41.4 Å². The molecular weight excluding hydrogens is 362 g/mol. The Kier molecular flexibility index (Phi) is 6.39. The van der Waals surface area contributed by atoms with Crippen LogP contribution in [0, 0.1) is 0 Å². The molecule has 1 amide bonds. The van der Waals surface area contributed by atoms with Gasteiger partial charge in [0.15, 0.2) is 0 Å². The molecule has 0 spiro atoms. The summed E-state index contributed by atoms with van der Waals surface area (Å²) in [6.45, 7) is 3.87. The molecule has 3 heterocycles. The number of rotatable bonds is 6. The van der Waals surface area contributed by atoms with Crippen molar-refractivity contribution in [3.63, 3.8) is 0 Å². The summed E-state index contributed by atoms with van der Waals surface area (Å²) >= 11 is 0. The van der Waals surface area contributed by atoms with Gasteiger partial charge in [0.2, 0.25) is 0 Å². The molecule has 29 heavy (non-hydrogen) atoms. The number of hydrogen-bond acceptors (Lipinski definition) is 5. The van der Waals surface area contributed by atoms with Crippen molar-refractivity contribution in [2.45, 2.75) is 32.1 Å². The molecule has 0 atom stereocenters. The van der Waals surface area contributed by atoms with E-state index in [0.29, 0.717) is 18.7 Å². The zero-order valence-corrected chi connectivity index (χ0v) is 16.9. The van der Waals surface area contributed by atoms with Crippen molar-refractivity contribution in [2.75, 3.05) is 42.9 Å². The largest absolute Gasteiger partial charge is 0.370 e. The second kappa shape index (κ2) is 9.54. The summed E-state index contributed by atoms with van der Waals surface area (Å²) in [5.41, 5.74) is 2.24. The molecule has 6 nitrogen and oxygen atoms in total. The van der Waals surface area contributed by atoms with Crippen LogP contribution in [0.1, 0.15) is 42.5 Å². The SMILES string of the molecule is O=C(c1ccnc(NCCC2=CCCCC2)c1)N1CCN(c2ccccn2)CC1. The number of pyridine rings is 2. The van der Waals surface area contributed by atoms with Crippen molar-refractivity contribution in [1.82, 2.24) is 14.9 Å². The quantitative estimate of drug-likeness (QED) is 0.760. The molecule has 0 bridgehead atoms. The van der Waals surface area contributed by atoms with Crippen LogP contribution in [0.4, 0.5) is 11.6 Å². The maximum absolute atomic E-state index is 12.9. The molecule has 0 radical (unpaired) electrons. The normalized spacial score (nSPS) is 17.0. The Morgan fingerprint density at radius 3 is 2.69 bits per heavy atom. The molecule has 0 saturated carbocycles. The Morgan fingerprint density at radius 1 is 1.03 bits per heavy atom. The minimum atomic E-state index is 0.0751. The molecule has 0 aromatic carbocycles. The number of aromatic nitrogens is 2. The van der Waals surface area contributed by atoms with Gasteiger partial charge in [-0.2, -0.15) is 0 Å². The van der Waals surface area contributed by atoms with Gasteiger partial charge in [0, 0.05) is 50.7 Å². The van der Waals surface area contributed by atoms with Crippen LogP contribution in [0.5, 0.6) is 0 Å².